The molecular formula is C16H17N5O5S. The number of nitrogens with zero attached hydrogens (tertiary/aromatic N) is 2. The first-order valence-electron chi connectivity index (χ1n) is 7.58. The van der Waals surface area contributed by atoms with E-state index in [-0.39, 0.29) is 12.9 Å². The topological polar surface area (TPSA) is 160 Å². The van der Waals surface area contributed by atoms with Gasteiger partial charge in [-0.1, -0.05) is 11.3 Å². The molecule has 2 aromatic heterocycles. The lowest BCUT2D eigenvalue weighted by Gasteiger charge is -2.15. The first-order valence-corrected chi connectivity index (χ1v) is 8.40. The number of methoxy groups -OCH3 is 1. The Labute approximate surface area is 157 Å². The SMILES string of the molecule is COC(=O)[C@H](Cc1cnc[nH]1)NC(=O)c1ccc2sc(N)nc2c1.O=CO. The largest absolute Gasteiger partial charge is 0.483 e. The Morgan fingerprint density at radius 1 is 1.48 bits per heavy atom. The van der Waals surface area contributed by atoms with Crippen molar-refractivity contribution in [2.45, 2.75) is 12.5 Å². The summed E-state index contributed by atoms with van der Waals surface area (Å²) in [6.07, 6.45) is 3.35. The third-order valence-corrected chi connectivity index (χ3v) is 4.30. The minimum atomic E-state index is -0.820. The number of ether oxygens (including phenoxy) is 1. The lowest BCUT2D eigenvalue weighted by Crippen LogP contribution is -2.43. The van der Waals surface area contributed by atoms with Crippen LogP contribution in [0.1, 0.15) is 16.1 Å². The summed E-state index contributed by atoms with van der Waals surface area (Å²) in [5.74, 6) is -0.921. The van der Waals surface area contributed by atoms with E-state index in [9.17, 15) is 9.59 Å². The van der Waals surface area contributed by atoms with E-state index in [1.165, 1.54) is 24.8 Å². The van der Waals surface area contributed by atoms with Gasteiger partial charge >= 0.3 is 5.97 Å². The lowest BCUT2D eigenvalue weighted by atomic mass is 10.1. The van der Waals surface area contributed by atoms with Gasteiger partial charge in [0.05, 0.1) is 23.7 Å². The van der Waals surface area contributed by atoms with Crippen LogP contribution in [0.3, 0.4) is 0 Å². The first-order chi connectivity index (χ1) is 13.0. The molecule has 0 aliphatic rings. The van der Waals surface area contributed by atoms with Gasteiger partial charge in [-0.3, -0.25) is 9.59 Å². The highest BCUT2D eigenvalue weighted by molar-refractivity contribution is 7.22. The van der Waals surface area contributed by atoms with Crippen LogP contribution < -0.4 is 11.1 Å². The number of aromatic nitrogens is 3. The van der Waals surface area contributed by atoms with Crippen molar-refractivity contribution in [3.8, 4) is 0 Å². The lowest BCUT2D eigenvalue weighted by molar-refractivity contribution is -0.142. The molecule has 10 nitrogen and oxygen atoms in total. The van der Waals surface area contributed by atoms with E-state index in [1.807, 2.05) is 0 Å². The summed E-state index contributed by atoms with van der Waals surface area (Å²) in [5, 5.41) is 10.0. The molecule has 27 heavy (non-hydrogen) atoms. The molecule has 0 spiro atoms. The van der Waals surface area contributed by atoms with Gasteiger partial charge in [-0.25, -0.2) is 14.8 Å². The first kappa shape index (κ1) is 19.8. The molecule has 2 heterocycles. The third kappa shape index (κ3) is 5.25. The highest BCUT2D eigenvalue weighted by atomic mass is 32.1. The number of nitrogen functional groups attached to an aromatic ring is 1. The van der Waals surface area contributed by atoms with Gasteiger partial charge in [-0.05, 0) is 18.2 Å². The predicted octanol–water partition coefficient (Wildman–Crippen LogP) is 0.817. The van der Waals surface area contributed by atoms with Gasteiger partial charge in [0.15, 0.2) is 5.13 Å². The number of amides is 1. The zero-order valence-electron chi connectivity index (χ0n) is 14.2. The predicted molar refractivity (Wildman–Crippen MR) is 98.3 cm³/mol. The van der Waals surface area contributed by atoms with Crippen molar-refractivity contribution in [2.24, 2.45) is 0 Å². The number of benzene rings is 1. The molecule has 3 rings (SSSR count). The summed E-state index contributed by atoms with van der Waals surface area (Å²) in [4.78, 5) is 43.7. The Morgan fingerprint density at radius 2 is 2.22 bits per heavy atom. The van der Waals surface area contributed by atoms with Crippen molar-refractivity contribution in [1.82, 2.24) is 20.3 Å². The molecule has 3 aromatic rings. The average Bonchev–Trinajstić information content (AvgIpc) is 3.28. The number of imidazole rings is 1. The molecule has 0 saturated heterocycles. The molecule has 0 bridgehead atoms. The van der Waals surface area contributed by atoms with Crippen LogP contribution >= 0.6 is 11.3 Å². The number of hydrogen-bond donors (Lipinski definition) is 4. The Kier molecular flexibility index (Phi) is 6.83. The number of rotatable bonds is 5. The number of nitrogens with one attached hydrogen (secondary N) is 2. The van der Waals surface area contributed by atoms with Crippen LogP contribution in [0.5, 0.6) is 0 Å². The molecular weight excluding hydrogens is 374 g/mol. The normalized spacial score (nSPS) is 11.1. The van der Waals surface area contributed by atoms with E-state index in [4.69, 9.17) is 20.4 Å². The van der Waals surface area contributed by atoms with E-state index in [1.54, 1.807) is 24.4 Å². The second-order valence-electron chi connectivity index (χ2n) is 5.17. The summed E-state index contributed by atoms with van der Waals surface area (Å²) in [6.45, 7) is -0.250. The third-order valence-electron chi connectivity index (χ3n) is 3.44. The van der Waals surface area contributed by atoms with Crippen LogP contribution in [0.2, 0.25) is 0 Å². The molecule has 1 aromatic carbocycles. The number of hydrogen-bond acceptors (Lipinski definition) is 8. The molecule has 0 fully saturated rings. The Morgan fingerprint density at radius 3 is 2.85 bits per heavy atom. The number of nitrogens with two attached hydrogens (primary N) is 1. The van der Waals surface area contributed by atoms with Crippen molar-refractivity contribution < 1.29 is 24.2 Å². The van der Waals surface area contributed by atoms with Crippen LogP contribution in [-0.2, 0) is 20.7 Å². The van der Waals surface area contributed by atoms with Crippen molar-refractivity contribution in [3.63, 3.8) is 0 Å². The zero-order valence-corrected chi connectivity index (χ0v) is 15.0. The van der Waals surface area contributed by atoms with E-state index in [2.05, 4.69) is 20.3 Å². The Bertz CT molecular complexity index is 925. The van der Waals surface area contributed by atoms with Gasteiger partial charge in [0, 0.05) is 23.9 Å². The van der Waals surface area contributed by atoms with Crippen molar-refractivity contribution >= 4 is 45.0 Å². The van der Waals surface area contributed by atoms with Gasteiger partial charge < -0.3 is 25.9 Å². The number of thiazole rings is 1. The number of carbonyl (C=O) groups is 3. The maximum atomic E-state index is 12.5. The van der Waals surface area contributed by atoms with Crippen LogP contribution in [0, 0.1) is 0 Å². The van der Waals surface area contributed by atoms with Gasteiger partial charge in [0.2, 0.25) is 0 Å². The monoisotopic (exact) mass is 391 g/mol. The number of fused-ring (bicyclic) bond motifs is 1. The van der Waals surface area contributed by atoms with Crippen molar-refractivity contribution in [2.75, 3.05) is 12.8 Å². The molecule has 5 N–H and O–H groups in total. The Hall–Kier alpha value is -3.47. The van der Waals surface area contributed by atoms with Crippen LogP contribution in [0.15, 0.2) is 30.7 Å². The fourth-order valence-electron chi connectivity index (χ4n) is 2.28. The highest BCUT2D eigenvalue weighted by Gasteiger charge is 2.23. The summed E-state index contributed by atoms with van der Waals surface area (Å²) in [6, 6.07) is 4.27. The number of carbonyl (C=O) groups excluding carboxylic acids is 2. The van der Waals surface area contributed by atoms with Gasteiger partial charge in [-0.2, -0.15) is 0 Å². The van der Waals surface area contributed by atoms with Crippen molar-refractivity contribution in [1.29, 1.82) is 0 Å². The van der Waals surface area contributed by atoms with E-state index < -0.39 is 17.9 Å². The summed E-state index contributed by atoms with van der Waals surface area (Å²) < 4.78 is 5.65. The van der Waals surface area contributed by atoms with Crippen LogP contribution in [-0.4, -0.2) is 51.6 Å². The number of carboxylic acid groups (broad SMARTS) is 1. The molecule has 11 heteroatoms. The zero-order chi connectivity index (χ0) is 19.8. The summed E-state index contributed by atoms with van der Waals surface area (Å²) in [5.41, 5.74) is 7.42. The molecule has 142 valence electrons. The second-order valence-corrected chi connectivity index (χ2v) is 6.23. The smallest absolute Gasteiger partial charge is 0.328 e. The standard InChI is InChI=1S/C15H15N5O3S.CH2O2/c1-23-14(22)11(5-9-6-17-7-18-9)19-13(21)8-2-3-12-10(4-8)20-15(16)24-12;2-1-3/h2-4,6-7,11H,5H2,1H3,(H2,16,20)(H,17,18)(H,19,21);1H,(H,2,3)/t11-;/m0./s1. The van der Waals surface area contributed by atoms with Crippen LogP contribution in [0.25, 0.3) is 10.2 Å². The molecule has 1 amide bonds. The fourth-order valence-corrected chi connectivity index (χ4v) is 2.99. The summed E-state index contributed by atoms with van der Waals surface area (Å²) in [7, 11) is 1.28. The van der Waals surface area contributed by atoms with E-state index in [0.29, 0.717) is 21.9 Å². The molecule has 0 aliphatic heterocycles. The van der Waals surface area contributed by atoms with Gasteiger partial charge in [0.25, 0.3) is 12.4 Å². The van der Waals surface area contributed by atoms with E-state index >= 15 is 0 Å². The fraction of sp³-hybridized carbons (Fsp3) is 0.188. The summed E-state index contributed by atoms with van der Waals surface area (Å²) >= 11 is 1.35. The quantitative estimate of drug-likeness (QED) is 0.367. The molecule has 0 aliphatic carbocycles. The van der Waals surface area contributed by atoms with E-state index in [0.717, 1.165) is 4.70 Å². The highest BCUT2D eigenvalue weighted by Crippen LogP contribution is 2.24. The maximum absolute atomic E-state index is 12.5. The number of H-pyrrole nitrogens is 1. The molecule has 0 saturated carbocycles. The van der Waals surface area contributed by atoms with Gasteiger partial charge in [-0.15, -0.1) is 0 Å². The maximum Gasteiger partial charge on any atom is 0.328 e. The number of aromatic amines is 1. The molecule has 1 atom stereocenters. The minimum Gasteiger partial charge on any atom is -0.483 e. The molecule has 0 unspecified atom stereocenters. The second kappa shape index (κ2) is 9.29. The van der Waals surface area contributed by atoms with Crippen molar-refractivity contribution in [3.05, 3.63) is 42.0 Å². The van der Waals surface area contributed by atoms with Gasteiger partial charge in [0.1, 0.15) is 6.04 Å². The minimum absolute atomic E-state index is 0.250. The molecule has 0 radical (unpaired) electrons. The number of esters is 1. The Balaban J connectivity index is 0.000000817. The number of anilines is 1. The average molecular weight is 391 g/mol. The van der Waals surface area contributed by atoms with Crippen LogP contribution in [0.4, 0.5) is 5.13 Å².